The zero-order valence-electron chi connectivity index (χ0n) is 16.6. The second-order valence-corrected chi connectivity index (χ2v) is 7.37. The normalized spacial score (nSPS) is 16.2. The lowest BCUT2D eigenvalue weighted by Crippen LogP contribution is -2.52. The molecule has 1 aliphatic heterocycles. The van der Waals surface area contributed by atoms with Gasteiger partial charge in [0.15, 0.2) is 6.29 Å². The summed E-state index contributed by atoms with van der Waals surface area (Å²) in [6.07, 6.45) is 0.986. The number of aldehydes is 1. The van der Waals surface area contributed by atoms with E-state index in [2.05, 4.69) is 16.0 Å². The average Bonchev–Trinajstić information content (AvgIpc) is 3.18. The van der Waals surface area contributed by atoms with E-state index in [1.165, 1.54) is 0 Å². The van der Waals surface area contributed by atoms with Crippen LogP contribution in [0.4, 0.5) is 0 Å². The summed E-state index contributed by atoms with van der Waals surface area (Å²) in [5.41, 5.74) is 2.03. The number of piperidine rings is 1. The molecule has 0 spiro atoms. The Labute approximate surface area is 178 Å². The van der Waals surface area contributed by atoms with Gasteiger partial charge in [0.25, 0.3) is 5.91 Å². The summed E-state index contributed by atoms with van der Waals surface area (Å²) in [5.74, 6) is -0.639. The minimum atomic E-state index is -0.806. The number of benzene rings is 2. The Morgan fingerprint density at radius 3 is 2.74 bits per heavy atom. The second kappa shape index (κ2) is 8.93. The van der Waals surface area contributed by atoms with Crippen LogP contribution in [0.5, 0.6) is 0 Å². The van der Waals surface area contributed by atoms with Gasteiger partial charge in [0.05, 0.1) is 12.1 Å². The van der Waals surface area contributed by atoms with E-state index < -0.39 is 17.9 Å². The van der Waals surface area contributed by atoms with Gasteiger partial charge >= 0.3 is 0 Å². The number of nitrogens with one attached hydrogen (secondary N) is 3. The number of carbonyl (C=O) groups excluding carboxylic acids is 4. The van der Waals surface area contributed by atoms with Crippen LogP contribution in [-0.2, 0) is 22.7 Å². The SMILES string of the molecule is O=Cc1ccc(CNCc2cc3ccccc3o2)cc1C(=O)NC1CCC(=O)NC1=O. The van der Waals surface area contributed by atoms with Crippen molar-refractivity contribution in [3.63, 3.8) is 0 Å². The van der Waals surface area contributed by atoms with Crippen LogP contribution in [0.15, 0.2) is 52.9 Å². The molecule has 8 nitrogen and oxygen atoms in total. The van der Waals surface area contributed by atoms with Crippen molar-refractivity contribution < 1.29 is 23.6 Å². The molecule has 1 unspecified atom stereocenters. The van der Waals surface area contributed by atoms with E-state index in [1.54, 1.807) is 18.2 Å². The number of carbonyl (C=O) groups is 4. The number of fused-ring (bicyclic) bond motifs is 1. The van der Waals surface area contributed by atoms with E-state index in [0.717, 1.165) is 22.3 Å². The summed E-state index contributed by atoms with van der Waals surface area (Å²) < 4.78 is 5.77. The smallest absolute Gasteiger partial charge is 0.252 e. The fourth-order valence-electron chi connectivity index (χ4n) is 3.53. The molecule has 1 saturated heterocycles. The second-order valence-electron chi connectivity index (χ2n) is 7.37. The third-order valence-electron chi connectivity index (χ3n) is 5.14. The summed E-state index contributed by atoms with van der Waals surface area (Å²) in [4.78, 5) is 47.3. The van der Waals surface area contributed by atoms with Crippen LogP contribution in [-0.4, -0.2) is 30.0 Å². The highest BCUT2D eigenvalue weighted by Gasteiger charge is 2.28. The van der Waals surface area contributed by atoms with Gasteiger partial charge in [0.2, 0.25) is 11.8 Å². The number of rotatable bonds is 7. The first kappa shape index (κ1) is 20.5. The molecule has 0 bridgehead atoms. The molecular formula is C23H21N3O5. The Kier molecular flexibility index (Phi) is 5.90. The molecule has 3 aromatic rings. The summed E-state index contributed by atoms with van der Waals surface area (Å²) in [6.45, 7) is 0.955. The quantitative estimate of drug-likeness (QED) is 0.399. The maximum Gasteiger partial charge on any atom is 0.252 e. The van der Waals surface area contributed by atoms with E-state index in [1.807, 2.05) is 30.3 Å². The molecular weight excluding hydrogens is 398 g/mol. The predicted molar refractivity (Wildman–Crippen MR) is 112 cm³/mol. The van der Waals surface area contributed by atoms with Crippen LogP contribution in [0.1, 0.15) is 44.9 Å². The van der Waals surface area contributed by atoms with Crippen molar-refractivity contribution in [1.82, 2.24) is 16.0 Å². The van der Waals surface area contributed by atoms with Gasteiger partial charge in [-0.3, -0.25) is 24.5 Å². The topological polar surface area (TPSA) is 118 Å². The molecule has 1 fully saturated rings. The summed E-state index contributed by atoms with van der Waals surface area (Å²) in [5, 5.41) is 9.10. The van der Waals surface area contributed by atoms with Gasteiger partial charge in [-0.1, -0.05) is 30.3 Å². The molecule has 1 atom stereocenters. The van der Waals surface area contributed by atoms with E-state index in [4.69, 9.17) is 4.42 Å². The Hall–Kier alpha value is -3.78. The van der Waals surface area contributed by atoms with Crippen LogP contribution in [0.25, 0.3) is 11.0 Å². The fourth-order valence-corrected chi connectivity index (χ4v) is 3.53. The molecule has 158 valence electrons. The van der Waals surface area contributed by atoms with Crippen molar-refractivity contribution in [2.24, 2.45) is 0 Å². The van der Waals surface area contributed by atoms with Gasteiger partial charge in [0, 0.05) is 23.9 Å². The summed E-state index contributed by atoms with van der Waals surface area (Å²) >= 11 is 0. The van der Waals surface area contributed by atoms with Gasteiger partial charge in [-0.05, 0) is 30.2 Å². The molecule has 0 saturated carbocycles. The Bertz CT molecular complexity index is 1130. The van der Waals surface area contributed by atoms with Gasteiger partial charge < -0.3 is 15.1 Å². The molecule has 31 heavy (non-hydrogen) atoms. The predicted octanol–water partition coefficient (Wildman–Crippen LogP) is 2.07. The van der Waals surface area contributed by atoms with Crippen molar-refractivity contribution >= 4 is 35.0 Å². The fraction of sp³-hybridized carbons (Fsp3) is 0.217. The zero-order valence-corrected chi connectivity index (χ0v) is 16.6. The highest BCUT2D eigenvalue weighted by molar-refractivity contribution is 6.06. The van der Waals surface area contributed by atoms with E-state index in [0.29, 0.717) is 19.4 Å². The van der Waals surface area contributed by atoms with Crippen molar-refractivity contribution in [2.45, 2.75) is 32.0 Å². The highest BCUT2D eigenvalue weighted by atomic mass is 16.3. The zero-order chi connectivity index (χ0) is 21.8. The third kappa shape index (κ3) is 4.70. The monoisotopic (exact) mass is 419 g/mol. The standard InChI is InChI=1S/C23H21N3O5/c27-13-16-6-5-14(11-24-12-17-10-15-3-1-2-4-20(15)31-17)9-18(16)22(29)25-19-7-8-21(28)26-23(19)30/h1-6,9-10,13,19,24H,7-8,11-12H2,(H,25,29)(H,26,28,30). The van der Waals surface area contributed by atoms with Crippen LogP contribution in [0.3, 0.4) is 0 Å². The molecule has 2 heterocycles. The number of amides is 3. The van der Waals surface area contributed by atoms with Gasteiger partial charge in [-0.15, -0.1) is 0 Å². The van der Waals surface area contributed by atoms with Crippen LogP contribution in [0.2, 0.25) is 0 Å². The highest BCUT2D eigenvalue weighted by Crippen LogP contribution is 2.19. The van der Waals surface area contributed by atoms with Crippen molar-refractivity contribution in [3.05, 3.63) is 71.0 Å². The van der Waals surface area contributed by atoms with Crippen LogP contribution < -0.4 is 16.0 Å². The van der Waals surface area contributed by atoms with Crippen molar-refractivity contribution in [1.29, 1.82) is 0 Å². The van der Waals surface area contributed by atoms with Crippen molar-refractivity contribution in [2.75, 3.05) is 0 Å². The van der Waals surface area contributed by atoms with E-state index >= 15 is 0 Å². The lowest BCUT2D eigenvalue weighted by Gasteiger charge is -2.22. The number of hydrogen-bond donors (Lipinski definition) is 3. The Morgan fingerprint density at radius 2 is 1.97 bits per heavy atom. The maximum absolute atomic E-state index is 12.7. The molecule has 0 radical (unpaired) electrons. The lowest BCUT2D eigenvalue weighted by molar-refractivity contribution is -0.134. The molecule has 8 heteroatoms. The molecule has 1 aliphatic rings. The Balaban J connectivity index is 1.41. The summed E-state index contributed by atoms with van der Waals surface area (Å²) in [7, 11) is 0. The number of imide groups is 1. The van der Waals surface area contributed by atoms with Crippen LogP contribution >= 0.6 is 0 Å². The first-order valence-corrected chi connectivity index (χ1v) is 9.94. The number of hydrogen-bond acceptors (Lipinski definition) is 6. The van der Waals surface area contributed by atoms with Gasteiger partial charge in [0.1, 0.15) is 17.4 Å². The first-order valence-electron chi connectivity index (χ1n) is 9.94. The van der Waals surface area contributed by atoms with Crippen LogP contribution in [0, 0.1) is 0 Å². The molecule has 2 aromatic carbocycles. The van der Waals surface area contributed by atoms with Gasteiger partial charge in [-0.2, -0.15) is 0 Å². The van der Waals surface area contributed by atoms with Gasteiger partial charge in [-0.25, -0.2) is 0 Å². The van der Waals surface area contributed by atoms with E-state index in [-0.39, 0.29) is 29.9 Å². The maximum atomic E-state index is 12.7. The molecule has 0 aliphatic carbocycles. The molecule has 1 aromatic heterocycles. The minimum absolute atomic E-state index is 0.156. The largest absolute Gasteiger partial charge is 0.460 e. The first-order chi connectivity index (χ1) is 15.0. The summed E-state index contributed by atoms with van der Waals surface area (Å²) in [6, 6.07) is 13.9. The van der Waals surface area contributed by atoms with Crippen molar-refractivity contribution in [3.8, 4) is 0 Å². The molecule has 3 amide bonds. The lowest BCUT2D eigenvalue weighted by atomic mass is 10.0. The number of para-hydroxylation sites is 1. The Morgan fingerprint density at radius 1 is 1.13 bits per heavy atom. The number of furan rings is 1. The minimum Gasteiger partial charge on any atom is -0.460 e. The third-order valence-corrected chi connectivity index (χ3v) is 5.14. The molecule has 3 N–H and O–H groups in total. The molecule has 4 rings (SSSR count). The average molecular weight is 419 g/mol. The van der Waals surface area contributed by atoms with E-state index in [9.17, 15) is 19.2 Å².